The Labute approximate surface area is 121 Å². The van der Waals surface area contributed by atoms with Crippen molar-refractivity contribution in [3.63, 3.8) is 0 Å². The van der Waals surface area contributed by atoms with Gasteiger partial charge in [0, 0.05) is 13.1 Å². The van der Waals surface area contributed by atoms with Crippen LogP contribution >= 0.6 is 0 Å². The van der Waals surface area contributed by atoms with Crippen molar-refractivity contribution in [3.05, 3.63) is 29.3 Å². The van der Waals surface area contributed by atoms with Crippen molar-refractivity contribution in [2.45, 2.75) is 13.3 Å². The number of carboxylic acids is 1. The van der Waals surface area contributed by atoms with E-state index < -0.39 is 12.0 Å². The van der Waals surface area contributed by atoms with Crippen LogP contribution in [-0.2, 0) is 4.79 Å². The first-order chi connectivity index (χ1) is 9.99. The number of amides is 3. The highest BCUT2D eigenvalue weighted by atomic mass is 16.4. The number of carbonyl (C=O) groups excluding carboxylic acids is 2. The Morgan fingerprint density at radius 2 is 2.14 bits per heavy atom. The predicted molar refractivity (Wildman–Crippen MR) is 76.4 cm³/mol. The summed E-state index contributed by atoms with van der Waals surface area (Å²) < 4.78 is 0. The molecule has 1 aromatic carbocycles. The fourth-order valence-corrected chi connectivity index (χ4v) is 2.23. The summed E-state index contributed by atoms with van der Waals surface area (Å²) >= 11 is 0. The Bertz CT molecular complexity index is 586. The second kappa shape index (κ2) is 6.25. The van der Waals surface area contributed by atoms with Gasteiger partial charge in [-0.25, -0.2) is 9.59 Å². The Morgan fingerprint density at radius 3 is 2.86 bits per heavy atom. The van der Waals surface area contributed by atoms with Crippen LogP contribution in [0.15, 0.2) is 18.2 Å². The third-order valence-corrected chi connectivity index (χ3v) is 3.28. The Kier molecular flexibility index (Phi) is 4.42. The van der Waals surface area contributed by atoms with Crippen LogP contribution < -0.4 is 10.6 Å². The van der Waals surface area contributed by atoms with E-state index in [1.807, 2.05) is 0 Å². The smallest absolute Gasteiger partial charge is 0.338 e. The van der Waals surface area contributed by atoms with Crippen LogP contribution in [0.1, 0.15) is 22.3 Å². The number of hydrogen-bond acceptors (Lipinski definition) is 3. The van der Waals surface area contributed by atoms with Gasteiger partial charge in [0.1, 0.15) is 6.54 Å². The lowest BCUT2D eigenvalue weighted by Crippen LogP contribution is -2.40. The van der Waals surface area contributed by atoms with E-state index in [4.69, 9.17) is 0 Å². The van der Waals surface area contributed by atoms with E-state index in [0.29, 0.717) is 25.1 Å². The molecule has 1 saturated heterocycles. The molecule has 1 fully saturated rings. The molecule has 3 N–H and O–H groups in total. The minimum Gasteiger partial charge on any atom is -0.478 e. The second-order valence-electron chi connectivity index (χ2n) is 4.86. The maximum absolute atomic E-state index is 12.2. The van der Waals surface area contributed by atoms with Gasteiger partial charge in [-0.15, -0.1) is 0 Å². The highest BCUT2D eigenvalue weighted by molar-refractivity contribution is 6.01. The molecule has 112 valence electrons. The van der Waals surface area contributed by atoms with Crippen LogP contribution in [0, 0.1) is 6.92 Å². The molecule has 0 aromatic heterocycles. The molecule has 1 heterocycles. The van der Waals surface area contributed by atoms with Gasteiger partial charge in [0.25, 0.3) is 0 Å². The fourth-order valence-electron chi connectivity index (χ4n) is 2.23. The molecule has 0 saturated carbocycles. The van der Waals surface area contributed by atoms with Gasteiger partial charge >= 0.3 is 12.0 Å². The number of hydrogen-bond donors (Lipinski definition) is 3. The van der Waals surface area contributed by atoms with E-state index in [1.54, 1.807) is 19.1 Å². The predicted octanol–water partition coefficient (Wildman–Crippen LogP) is 1.05. The average Bonchev–Trinajstić information content (AvgIpc) is 2.63. The Hall–Kier alpha value is -2.57. The first-order valence-corrected chi connectivity index (χ1v) is 6.64. The molecule has 1 aliphatic heterocycles. The molecule has 0 aliphatic carbocycles. The van der Waals surface area contributed by atoms with Crippen molar-refractivity contribution >= 4 is 23.6 Å². The molecule has 7 nitrogen and oxygen atoms in total. The quantitative estimate of drug-likeness (QED) is 0.758. The number of nitrogens with zero attached hydrogens (tertiary/aromatic N) is 1. The summed E-state index contributed by atoms with van der Waals surface area (Å²) in [6.07, 6.45) is 0.665. The molecular weight excluding hydrogens is 274 g/mol. The van der Waals surface area contributed by atoms with Crippen LogP contribution in [0.25, 0.3) is 0 Å². The molecule has 21 heavy (non-hydrogen) atoms. The molecule has 0 bridgehead atoms. The largest absolute Gasteiger partial charge is 0.478 e. The van der Waals surface area contributed by atoms with Gasteiger partial charge in [0.05, 0.1) is 11.3 Å². The minimum atomic E-state index is -1.10. The van der Waals surface area contributed by atoms with E-state index in [2.05, 4.69) is 10.6 Å². The maximum Gasteiger partial charge on any atom is 0.338 e. The van der Waals surface area contributed by atoms with Crippen molar-refractivity contribution in [2.24, 2.45) is 0 Å². The highest BCUT2D eigenvalue weighted by Gasteiger charge is 2.21. The van der Waals surface area contributed by atoms with Crippen molar-refractivity contribution in [1.82, 2.24) is 10.2 Å². The number of rotatable bonds is 2. The van der Waals surface area contributed by atoms with Gasteiger partial charge in [0.15, 0.2) is 0 Å². The van der Waals surface area contributed by atoms with Crippen LogP contribution in [0.2, 0.25) is 0 Å². The number of carboxylic acid groups (broad SMARTS) is 1. The van der Waals surface area contributed by atoms with Crippen molar-refractivity contribution in [2.75, 3.05) is 25.0 Å². The summed E-state index contributed by atoms with van der Waals surface area (Å²) in [7, 11) is 0. The standard InChI is InChI=1S/C14H17N3O4/c1-9-4-2-5-10(12(9)13(19)20)16-14(21)17-7-3-6-15-11(18)8-17/h2,4-5H,3,6-8H2,1H3,(H,15,18)(H,16,21)(H,19,20). The molecule has 1 aliphatic rings. The van der Waals surface area contributed by atoms with Gasteiger partial charge in [0.2, 0.25) is 5.91 Å². The monoisotopic (exact) mass is 291 g/mol. The van der Waals surface area contributed by atoms with E-state index in [1.165, 1.54) is 11.0 Å². The molecule has 2 rings (SSSR count). The number of aryl methyl sites for hydroxylation is 1. The topological polar surface area (TPSA) is 98.7 Å². The lowest BCUT2D eigenvalue weighted by atomic mass is 10.1. The third-order valence-electron chi connectivity index (χ3n) is 3.28. The van der Waals surface area contributed by atoms with Crippen molar-refractivity contribution < 1.29 is 19.5 Å². The number of benzene rings is 1. The molecule has 3 amide bonds. The van der Waals surface area contributed by atoms with E-state index in [-0.39, 0.29) is 23.7 Å². The number of anilines is 1. The SMILES string of the molecule is Cc1cccc(NC(=O)N2CCCNC(=O)C2)c1C(=O)O. The van der Waals surface area contributed by atoms with Crippen molar-refractivity contribution in [3.8, 4) is 0 Å². The molecule has 0 radical (unpaired) electrons. The molecule has 0 atom stereocenters. The third kappa shape index (κ3) is 3.50. The second-order valence-corrected chi connectivity index (χ2v) is 4.86. The first-order valence-electron chi connectivity index (χ1n) is 6.64. The van der Waals surface area contributed by atoms with Gasteiger partial charge < -0.3 is 20.6 Å². The van der Waals surface area contributed by atoms with Crippen LogP contribution in [-0.4, -0.2) is 47.5 Å². The first kappa shape index (κ1) is 14.8. The summed E-state index contributed by atoms with van der Waals surface area (Å²) in [6.45, 7) is 2.62. The number of urea groups is 1. The minimum absolute atomic E-state index is 0.0277. The average molecular weight is 291 g/mol. The van der Waals surface area contributed by atoms with Crippen LogP contribution in [0.4, 0.5) is 10.5 Å². The zero-order chi connectivity index (χ0) is 15.4. The van der Waals surface area contributed by atoms with Crippen LogP contribution in [0.3, 0.4) is 0 Å². The Morgan fingerprint density at radius 1 is 1.38 bits per heavy atom. The number of carbonyl (C=O) groups is 3. The summed E-state index contributed by atoms with van der Waals surface area (Å²) in [4.78, 5) is 36.3. The Balaban J connectivity index is 2.18. The summed E-state index contributed by atoms with van der Waals surface area (Å²) in [6, 6.07) is 4.40. The highest BCUT2D eigenvalue weighted by Crippen LogP contribution is 2.20. The zero-order valence-electron chi connectivity index (χ0n) is 11.7. The van der Waals surface area contributed by atoms with E-state index >= 15 is 0 Å². The zero-order valence-corrected chi connectivity index (χ0v) is 11.7. The molecule has 7 heteroatoms. The lowest BCUT2D eigenvalue weighted by Gasteiger charge is -2.20. The number of nitrogens with one attached hydrogen (secondary N) is 2. The van der Waals surface area contributed by atoms with Gasteiger partial charge in [-0.05, 0) is 25.0 Å². The van der Waals surface area contributed by atoms with Crippen LogP contribution in [0.5, 0.6) is 0 Å². The van der Waals surface area contributed by atoms with Gasteiger partial charge in [-0.2, -0.15) is 0 Å². The summed E-state index contributed by atoms with van der Waals surface area (Å²) in [5.74, 6) is -1.32. The summed E-state index contributed by atoms with van der Waals surface area (Å²) in [5, 5.41) is 14.5. The number of aromatic carboxylic acids is 1. The lowest BCUT2D eigenvalue weighted by molar-refractivity contribution is -0.120. The van der Waals surface area contributed by atoms with Gasteiger partial charge in [-0.3, -0.25) is 4.79 Å². The molecule has 0 unspecified atom stereocenters. The van der Waals surface area contributed by atoms with E-state index in [9.17, 15) is 19.5 Å². The maximum atomic E-state index is 12.2. The normalized spacial score (nSPS) is 15.1. The molecule has 1 aromatic rings. The fraction of sp³-hybridized carbons (Fsp3) is 0.357. The molecule has 0 spiro atoms. The van der Waals surface area contributed by atoms with Gasteiger partial charge in [-0.1, -0.05) is 12.1 Å². The molecular formula is C14H17N3O4. The van der Waals surface area contributed by atoms with Crippen molar-refractivity contribution in [1.29, 1.82) is 0 Å². The van der Waals surface area contributed by atoms with E-state index in [0.717, 1.165) is 0 Å². The summed E-state index contributed by atoms with van der Waals surface area (Å²) in [5.41, 5.74) is 0.858.